The van der Waals surface area contributed by atoms with Gasteiger partial charge in [-0.25, -0.2) is 4.79 Å². The Morgan fingerprint density at radius 2 is 1.44 bits per heavy atom. The van der Waals surface area contributed by atoms with E-state index < -0.39 is 6.29 Å². The van der Waals surface area contributed by atoms with E-state index >= 15 is 0 Å². The Morgan fingerprint density at radius 1 is 0.969 bits per heavy atom. The van der Waals surface area contributed by atoms with Crippen LogP contribution >= 0.6 is 0 Å². The number of benzene rings is 2. The SMILES string of the molecule is C#CC(C)OC(C)Oc1ccc(NC(=O)N(C)C)cc1.CCCCCC.c1ccccc1. The number of nitrogens with one attached hydrogen (secondary N) is 1. The second-order valence-electron chi connectivity index (χ2n) is 7.34. The Hall–Kier alpha value is -2.97. The molecule has 32 heavy (non-hydrogen) atoms. The van der Waals surface area contributed by atoms with E-state index in [-0.39, 0.29) is 12.1 Å². The molecule has 0 radical (unpaired) electrons. The predicted molar refractivity (Wildman–Crippen MR) is 135 cm³/mol. The van der Waals surface area contributed by atoms with Gasteiger partial charge in [0.2, 0.25) is 0 Å². The molecule has 1 N–H and O–H groups in total. The van der Waals surface area contributed by atoms with Crippen molar-refractivity contribution in [1.29, 1.82) is 0 Å². The van der Waals surface area contributed by atoms with Crippen LogP contribution in [0.5, 0.6) is 5.75 Å². The number of urea groups is 1. The molecule has 2 amide bonds. The van der Waals surface area contributed by atoms with Crippen LogP contribution in [-0.2, 0) is 4.74 Å². The van der Waals surface area contributed by atoms with Crippen molar-refractivity contribution in [2.24, 2.45) is 0 Å². The minimum Gasteiger partial charge on any atom is -0.465 e. The monoisotopic (exact) mass is 440 g/mol. The number of ether oxygens (including phenoxy) is 2. The fraction of sp³-hybridized carbons (Fsp3) is 0.444. The maximum atomic E-state index is 11.5. The highest BCUT2D eigenvalue weighted by atomic mass is 16.7. The molecule has 0 aromatic heterocycles. The van der Waals surface area contributed by atoms with Crippen LogP contribution in [0, 0.1) is 12.3 Å². The lowest BCUT2D eigenvalue weighted by molar-refractivity contribution is -0.0831. The van der Waals surface area contributed by atoms with Gasteiger partial charge in [-0.2, -0.15) is 0 Å². The summed E-state index contributed by atoms with van der Waals surface area (Å²) >= 11 is 0. The van der Waals surface area contributed by atoms with Crippen molar-refractivity contribution in [2.75, 3.05) is 19.4 Å². The molecule has 0 saturated carbocycles. The highest BCUT2D eigenvalue weighted by Gasteiger charge is 2.08. The van der Waals surface area contributed by atoms with Crippen LogP contribution in [0.1, 0.15) is 53.4 Å². The molecule has 176 valence electrons. The summed E-state index contributed by atoms with van der Waals surface area (Å²) < 4.78 is 10.9. The summed E-state index contributed by atoms with van der Waals surface area (Å²) in [7, 11) is 3.36. The van der Waals surface area contributed by atoms with Crippen LogP contribution in [0.3, 0.4) is 0 Å². The molecule has 5 nitrogen and oxygen atoms in total. The van der Waals surface area contributed by atoms with E-state index in [2.05, 4.69) is 25.1 Å². The second-order valence-corrected chi connectivity index (χ2v) is 7.34. The lowest BCUT2D eigenvalue weighted by Crippen LogP contribution is -2.27. The van der Waals surface area contributed by atoms with Crippen LogP contribution in [0.4, 0.5) is 10.5 Å². The Kier molecular flexibility index (Phi) is 17.0. The summed E-state index contributed by atoms with van der Waals surface area (Å²) in [5, 5.41) is 2.74. The Labute approximate surface area is 195 Å². The quantitative estimate of drug-likeness (QED) is 0.278. The lowest BCUT2D eigenvalue weighted by atomic mass is 10.2. The van der Waals surface area contributed by atoms with Gasteiger partial charge in [0.05, 0.1) is 0 Å². The third-order valence-corrected chi connectivity index (χ3v) is 4.07. The van der Waals surface area contributed by atoms with E-state index in [0.717, 1.165) is 0 Å². The standard InChI is InChI=1S/C15H20N2O3.C6H6.C6H14/c1-6-11(2)19-12(3)20-14-9-7-13(8-10-14)16-15(18)17(4)5;1-2-4-6-5-3-1;1-3-5-6-4-2/h1,7-12H,2-5H3,(H,16,18);1-6H;3-6H2,1-2H3. The van der Waals surface area contributed by atoms with Gasteiger partial charge in [-0.05, 0) is 38.1 Å². The number of unbranched alkanes of at least 4 members (excludes halogenated alkanes) is 3. The molecular formula is C27H40N2O3. The topological polar surface area (TPSA) is 50.8 Å². The maximum absolute atomic E-state index is 11.5. The fourth-order valence-electron chi connectivity index (χ4n) is 2.28. The van der Waals surface area contributed by atoms with E-state index in [1.807, 2.05) is 36.4 Å². The molecule has 0 saturated heterocycles. The number of hydrogen-bond donors (Lipinski definition) is 1. The molecule has 0 bridgehead atoms. The van der Waals surface area contributed by atoms with E-state index in [1.165, 1.54) is 30.6 Å². The van der Waals surface area contributed by atoms with Crippen LogP contribution < -0.4 is 10.1 Å². The van der Waals surface area contributed by atoms with Crippen molar-refractivity contribution in [1.82, 2.24) is 4.90 Å². The molecule has 0 aliphatic rings. The van der Waals surface area contributed by atoms with E-state index in [9.17, 15) is 4.79 Å². The molecule has 0 fully saturated rings. The normalized spacial score (nSPS) is 11.3. The average molecular weight is 441 g/mol. The van der Waals surface area contributed by atoms with Crippen LogP contribution in [0.15, 0.2) is 60.7 Å². The number of hydrogen-bond acceptors (Lipinski definition) is 3. The molecule has 0 spiro atoms. The molecule has 2 rings (SSSR count). The van der Waals surface area contributed by atoms with E-state index in [4.69, 9.17) is 15.9 Å². The summed E-state index contributed by atoms with van der Waals surface area (Å²) in [5.41, 5.74) is 0.696. The minimum atomic E-state index is -0.441. The number of rotatable bonds is 8. The van der Waals surface area contributed by atoms with Crippen LogP contribution in [0.2, 0.25) is 0 Å². The van der Waals surface area contributed by atoms with Crippen molar-refractivity contribution in [3.05, 3.63) is 60.7 Å². The molecule has 2 atom stereocenters. The molecule has 2 aromatic rings. The Bertz CT molecular complexity index is 709. The lowest BCUT2D eigenvalue weighted by Gasteiger charge is -2.17. The van der Waals surface area contributed by atoms with E-state index in [1.54, 1.807) is 52.2 Å². The first-order chi connectivity index (χ1) is 15.3. The fourth-order valence-corrected chi connectivity index (χ4v) is 2.28. The van der Waals surface area contributed by atoms with Gasteiger partial charge in [-0.15, -0.1) is 6.42 Å². The molecule has 0 aliphatic heterocycles. The summed E-state index contributed by atoms with van der Waals surface area (Å²) in [5.74, 6) is 3.11. The highest BCUT2D eigenvalue weighted by molar-refractivity contribution is 5.88. The first-order valence-electron chi connectivity index (χ1n) is 11.2. The van der Waals surface area contributed by atoms with E-state index in [0.29, 0.717) is 11.4 Å². The van der Waals surface area contributed by atoms with Gasteiger partial charge in [0.1, 0.15) is 11.9 Å². The van der Waals surface area contributed by atoms with Crippen LogP contribution in [-0.4, -0.2) is 37.4 Å². The van der Waals surface area contributed by atoms with Gasteiger partial charge >= 0.3 is 6.03 Å². The van der Waals surface area contributed by atoms with Gasteiger partial charge in [0, 0.05) is 19.8 Å². The van der Waals surface area contributed by atoms with Gasteiger partial charge in [-0.1, -0.05) is 81.8 Å². The van der Waals surface area contributed by atoms with Crippen LogP contribution in [0.25, 0.3) is 0 Å². The highest BCUT2D eigenvalue weighted by Crippen LogP contribution is 2.17. The first-order valence-corrected chi connectivity index (χ1v) is 11.2. The maximum Gasteiger partial charge on any atom is 0.321 e. The molecular weight excluding hydrogens is 400 g/mol. The van der Waals surface area contributed by atoms with Crippen molar-refractivity contribution in [2.45, 2.75) is 65.8 Å². The number of carbonyl (C=O) groups excluding carboxylic acids is 1. The zero-order valence-electron chi connectivity index (χ0n) is 20.5. The summed E-state index contributed by atoms with van der Waals surface area (Å²) in [6.45, 7) is 8.01. The van der Waals surface area contributed by atoms with Crippen molar-refractivity contribution in [3.63, 3.8) is 0 Å². The summed E-state index contributed by atoms with van der Waals surface area (Å²) in [6.07, 6.45) is 10.0. The molecule has 2 aromatic carbocycles. The number of nitrogens with zero attached hydrogens (tertiary/aromatic N) is 1. The number of carbonyl (C=O) groups is 1. The van der Waals surface area contributed by atoms with Gasteiger partial charge in [-0.3, -0.25) is 0 Å². The first kappa shape index (κ1) is 29.0. The zero-order valence-corrected chi connectivity index (χ0v) is 20.5. The average Bonchev–Trinajstić information content (AvgIpc) is 2.80. The minimum absolute atomic E-state index is 0.182. The summed E-state index contributed by atoms with van der Waals surface area (Å²) in [4.78, 5) is 12.9. The van der Waals surface area contributed by atoms with Crippen molar-refractivity contribution in [3.8, 4) is 18.1 Å². The third kappa shape index (κ3) is 15.8. The van der Waals surface area contributed by atoms with Gasteiger partial charge in [0.25, 0.3) is 0 Å². The smallest absolute Gasteiger partial charge is 0.321 e. The Balaban J connectivity index is 0.000000648. The second kappa shape index (κ2) is 18.8. The molecule has 2 unspecified atom stereocenters. The molecule has 0 aliphatic carbocycles. The zero-order chi connectivity index (χ0) is 24.2. The number of amides is 2. The predicted octanol–water partition coefficient (Wildman–Crippen LogP) is 6.82. The Morgan fingerprint density at radius 3 is 1.81 bits per heavy atom. The number of anilines is 1. The van der Waals surface area contributed by atoms with Crippen molar-refractivity contribution >= 4 is 11.7 Å². The third-order valence-electron chi connectivity index (χ3n) is 4.07. The molecule has 0 heterocycles. The van der Waals surface area contributed by atoms with Gasteiger partial charge in [0.15, 0.2) is 6.29 Å². The summed E-state index contributed by atoms with van der Waals surface area (Å²) in [6, 6.07) is 18.8. The molecule has 5 heteroatoms. The largest absolute Gasteiger partial charge is 0.465 e. The number of terminal acetylenes is 1. The van der Waals surface area contributed by atoms with Crippen molar-refractivity contribution < 1.29 is 14.3 Å². The van der Waals surface area contributed by atoms with Gasteiger partial charge < -0.3 is 19.7 Å².